The largest absolute Gasteiger partial charge is 0.354 e. The van der Waals surface area contributed by atoms with E-state index in [0.717, 1.165) is 5.69 Å². The highest BCUT2D eigenvalue weighted by atomic mass is 32.2. The number of rotatable bonds is 5. The minimum absolute atomic E-state index is 0.147. The number of hydrogen-bond acceptors (Lipinski definition) is 5. The number of aryl methyl sites for hydroxylation is 1. The van der Waals surface area contributed by atoms with Crippen molar-refractivity contribution < 1.29 is 8.42 Å². The number of pyridine rings is 1. The first-order valence-electron chi connectivity index (χ1n) is 7.98. The summed E-state index contributed by atoms with van der Waals surface area (Å²) in [6.07, 6.45) is 0. The molecule has 0 radical (unpaired) electrons. The second kappa shape index (κ2) is 7.05. The lowest BCUT2D eigenvalue weighted by Crippen LogP contribution is -2.46. The fraction of sp³-hybridized carbons (Fsp3) is 0.625. The molecule has 1 N–H and O–H groups in total. The summed E-state index contributed by atoms with van der Waals surface area (Å²) in [6, 6.07) is 5.53. The van der Waals surface area contributed by atoms with Gasteiger partial charge in [0.15, 0.2) is 0 Å². The lowest BCUT2D eigenvalue weighted by molar-refractivity contribution is 0.358. The fourth-order valence-corrected chi connectivity index (χ4v) is 3.81. The molecule has 8 heteroatoms. The first kappa shape index (κ1) is 18.6. The maximum absolute atomic E-state index is 12.2. The summed E-state index contributed by atoms with van der Waals surface area (Å²) in [4.78, 5) is 6.51. The van der Waals surface area contributed by atoms with Crippen LogP contribution < -0.4 is 9.62 Å². The van der Waals surface area contributed by atoms with Crippen molar-refractivity contribution in [3.05, 3.63) is 23.4 Å². The number of anilines is 1. The standard InChI is InChI=1S/C16H25N5O2S/c1-11(2)14-9-21(10-15(14)19-24(22,23)20(4)5)16-13(8-17)7-6-12(3)18-16/h6-7,11,14-15,19H,9-10H2,1-5H3/t14-,15+/m1/s1. The molecule has 1 saturated heterocycles. The molecule has 1 aromatic rings. The van der Waals surface area contributed by atoms with Crippen LogP contribution in [0.2, 0.25) is 0 Å². The van der Waals surface area contributed by atoms with E-state index in [1.54, 1.807) is 6.07 Å². The number of aromatic nitrogens is 1. The average molecular weight is 351 g/mol. The normalized spacial score (nSPS) is 21.5. The van der Waals surface area contributed by atoms with Crippen LogP contribution in [-0.4, -0.2) is 50.9 Å². The molecule has 24 heavy (non-hydrogen) atoms. The van der Waals surface area contributed by atoms with Crippen molar-refractivity contribution in [2.24, 2.45) is 11.8 Å². The van der Waals surface area contributed by atoms with E-state index in [2.05, 4.69) is 29.6 Å². The van der Waals surface area contributed by atoms with E-state index >= 15 is 0 Å². The second-order valence-corrected chi connectivity index (χ2v) is 8.68. The summed E-state index contributed by atoms with van der Waals surface area (Å²) in [5.74, 6) is 1.09. The Morgan fingerprint density at radius 2 is 2.04 bits per heavy atom. The van der Waals surface area contributed by atoms with Gasteiger partial charge in [-0.2, -0.15) is 22.7 Å². The van der Waals surface area contributed by atoms with Crippen molar-refractivity contribution in [2.45, 2.75) is 26.8 Å². The van der Waals surface area contributed by atoms with Crippen LogP contribution in [0.3, 0.4) is 0 Å². The predicted molar refractivity (Wildman–Crippen MR) is 93.8 cm³/mol. The van der Waals surface area contributed by atoms with Crippen molar-refractivity contribution in [2.75, 3.05) is 32.1 Å². The van der Waals surface area contributed by atoms with Crippen LogP contribution in [0, 0.1) is 30.1 Å². The monoisotopic (exact) mass is 351 g/mol. The van der Waals surface area contributed by atoms with Gasteiger partial charge >= 0.3 is 0 Å². The molecule has 0 aromatic carbocycles. The van der Waals surface area contributed by atoms with Gasteiger partial charge in [-0.3, -0.25) is 0 Å². The Kier molecular flexibility index (Phi) is 5.48. The van der Waals surface area contributed by atoms with E-state index in [-0.39, 0.29) is 12.0 Å². The topological polar surface area (TPSA) is 89.3 Å². The lowest BCUT2D eigenvalue weighted by atomic mass is 9.92. The first-order valence-corrected chi connectivity index (χ1v) is 9.42. The van der Waals surface area contributed by atoms with Gasteiger partial charge in [0.2, 0.25) is 0 Å². The van der Waals surface area contributed by atoms with Gasteiger partial charge in [0, 0.05) is 38.9 Å². The highest BCUT2D eigenvalue weighted by molar-refractivity contribution is 7.87. The Labute approximate surface area is 144 Å². The van der Waals surface area contributed by atoms with Crippen LogP contribution in [0.5, 0.6) is 0 Å². The lowest BCUT2D eigenvalue weighted by Gasteiger charge is -2.24. The smallest absolute Gasteiger partial charge is 0.279 e. The Balaban J connectivity index is 2.31. The SMILES string of the molecule is Cc1ccc(C#N)c(N2C[C@H](NS(=O)(=O)N(C)C)[C@@H](C(C)C)C2)n1. The van der Waals surface area contributed by atoms with Crippen molar-refractivity contribution in [3.8, 4) is 6.07 Å². The van der Waals surface area contributed by atoms with Crippen LogP contribution in [-0.2, 0) is 10.2 Å². The molecule has 1 aliphatic rings. The molecule has 2 atom stereocenters. The summed E-state index contributed by atoms with van der Waals surface area (Å²) in [5, 5.41) is 9.34. The zero-order valence-corrected chi connectivity index (χ0v) is 15.6. The van der Waals surface area contributed by atoms with Gasteiger partial charge in [-0.25, -0.2) is 4.98 Å². The molecule has 0 aliphatic carbocycles. The third kappa shape index (κ3) is 3.86. The van der Waals surface area contributed by atoms with Crippen molar-refractivity contribution in [1.29, 1.82) is 5.26 Å². The van der Waals surface area contributed by atoms with E-state index in [1.807, 2.05) is 17.9 Å². The Morgan fingerprint density at radius 3 is 2.58 bits per heavy atom. The van der Waals surface area contributed by atoms with Gasteiger partial charge in [0.1, 0.15) is 11.9 Å². The Morgan fingerprint density at radius 1 is 1.38 bits per heavy atom. The summed E-state index contributed by atoms with van der Waals surface area (Å²) < 4.78 is 28.4. The molecule has 132 valence electrons. The molecule has 0 spiro atoms. The van der Waals surface area contributed by atoms with Gasteiger partial charge in [0.25, 0.3) is 10.2 Å². The maximum Gasteiger partial charge on any atom is 0.279 e. The molecule has 0 amide bonds. The van der Waals surface area contributed by atoms with Crippen molar-refractivity contribution in [3.63, 3.8) is 0 Å². The van der Waals surface area contributed by atoms with E-state index in [9.17, 15) is 13.7 Å². The zero-order chi connectivity index (χ0) is 18.1. The first-order chi connectivity index (χ1) is 11.2. The molecule has 0 bridgehead atoms. The minimum atomic E-state index is -3.51. The fourth-order valence-electron chi connectivity index (χ4n) is 2.97. The number of nitrogens with one attached hydrogen (secondary N) is 1. The molecular formula is C16H25N5O2S. The number of nitriles is 1. The zero-order valence-electron chi connectivity index (χ0n) is 14.8. The minimum Gasteiger partial charge on any atom is -0.354 e. The van der Waals surface area contributed by atoms with E-state index < -0.39 is 10.2 Å². The highest BCUT2D eigenvalue weighted by Crippen LogP contribution is 2.30. The molecule has 2 heterocycles. The third-order valence-electron chi connectivity index (χ3n) is 4.44. The van der Waals surface area contributed by atoms with Crippen LogP contribution >= 0.6 is 0 Å². The van der Waals surface area contributed by atoms with Crippen molar-refractivity contribution >= 4 is 16.0 Å². The van der Waals surface area contributed by atoms with Gasteiger partial charge in [0.05, 0.1) is 5.56 Å². The van der Waals surface area contributed by atoms with E-state index in [1.165, 1.54) is 18.4 Å². The quantitative estimate of drug-likeness (QED) is 0.858. The highest BCUT2D eigenvalue weighted by Gasteiger charge is 2.38. The summed E-state index contributed by atoms with van der Waals surface area (Å²) in [6.45, 7) is 7.22. The van der Waals surface area contributed by atoms with Gasteiger partial charge in [-0.05, 0) is 30.9 Å². The average Bonchev–Trinajstić information content (AvgIpc) is 2.90. The Bertz CT molecular complexity index is 739. The molecular weight excluding hydrogens is 326 g/mol. The molecule has 0 saturated carbocycles. The van der Waals surface area contributed by atoms with Crippen LogP contribution in [0.4, 0.5) is 5.82 Å². The summed E-state index contributed by atoms with van der Waals surface area (Å²) in [7, 11) is -0.488. The maximum atomic E-state index is 12.2. The van der Waals surface area contributed by atoms with Crippen LogP contribution in [0.1, 0.15) is 25.1 Å². The molecule has 1 aliphatic heterocycles. The number of hydrogen-bond donors (Lipinski definition) is 1. The van der Waals surface area contributed by atoms with Gasteiger partial charge < -0.3 is 4.90 Å². The van der Waals surface area contributed by atoms with E-state index in [4.69, 9.17) is 0 Å². The number of nitrogens with zero attached hydrogens (tertiary/aromatic N) is 4. The van der Waals surface area contributed by atoms with Gasteiger partial charge in [-0.15, -0.1) is 0 Å². The second-order valence-electron chi connectivity index (χ2n) is 6.76. The molecule has 7 nitrogen and oxygen atoms in total. The third-order valence-corrected chi connectivity index (χ3v) is 6.00. The van der Waals surface area contributed by atoms with E-state index in [0.29, 0.717) is 30.4 Å². The Hall–Kier alpha value is -1.69. The van der Waals surface area contributed by atoms with Crippen LogP contribution in [0.15, 0.2) is 12.1 Å². The molecule has 1 aromatic heterocycles. The van der Waals surface area contributed by atoms with Gasteiger partial charge in [-0.1, -0.05) is 13.8 Å². The molecule has 1 fully saturated rings. The molecule has 2 rings (SSSR count). The molecule has 0 unspecified atom stereocenters. The predicted octanol–water partition coefficient (Wildman–Crippen LogP) is 1.12. The van der Waals surface area contributed by atoms with Crippen molar-refractivity contribution in [1.82, 2.24) is 14.0 Å². The van der Waals surface area contributed by atoms with Crippen LogP contribution in [0.25, 0.3) is 0 Å². The summed E-state index contributed by atoms with van der Waals surface area (Å²) in [5.41, 5.74) is 1.35. The summed E-state index contributed by atoms with van der Waals surface area (Å²) >= 11 is 0.